The zero-order valence-corrected chi connectivity index (χ0v) is 25.0. The van der Waals surface area contributed by atoms with E-state index in [9.17, 15) is 18.1 Å². The minimum atomic E-state index is -3.01. The lowest BCUT2D eigenvalue weighted by atomic mass is 9.72. The first-order valence-corrected chi connectivity index (χ1v) is 16.5. The molecule has 4 aliphatic rings. The van der Waals surface area contributed by atoms with Crippen LogP contribution in [-0.4, -0.2) is 80.0 Å². The van der Waals surface area contributed by atoms with E-state index in [2.05, 4.69) is 15.1 Å². The topological polar surface area (TPSA) is 103 Å². The molecule has 0 radical (unpaired) electrons. The smallest absolute Gasteiger partial charge is 0.153 e. The predicted molar refractivity (Wildman–Crippen MR) is 162 cm³/mol. The van der Waals surface area contributed by atoms with E-state index in [1.165, 1.54) is 31.4 Å². The lowest BCUT2D eigenvalue weighted by Crippen LogP contribution is -2.50. The number of piperidine rings is 3. The van der Waals surface area contributed by atoms with Crippen molar-refractivity contribution in [1.82, 2.24) is 14.7 Å². The average Bonchev–Trinajstić information content (AvgIpc) is 3.41. The Hall–Kier alpha value is -3.62. The molecule has 222 valence electrons. The summed E-state index contributed by atoms with van der Waals surface area (Å²) >= 11 is 0. The molecule has 11 heteroatoms. The molecule has 0 spiro atoms. The maximum absolute atomic E-state index is 14.8. The van der Waals surface area contributed by atoms with Crippen LogP contribution in [0.1, 0.15) is 38.7 Å². The Labute approximate surface area is 246 Å². The number of halogens is 1. The number of ether oxygens (including phenoxy) is 1. The summed E-state index contributed by atoms with van der Waals surface area (Å²) in [5.74, 6) is 0.949. The molecule has 0 saturated carbocycles. The summed E-state index contributed by atoms with van der Waals surface area (Å²) in [6.45, 7) is 8.98. The quantitative estimate of drug-likeness (QED) is 0.409. The van der Waals surface area contributed by atoms with Crippen LogP contribution in [0.15, 0.2) is 42.5 Å². The Morgan fingerprint density at radius 2 is 1.76 bits per heavy atom. The van der Waals surface area contributed by atoms with Crippen molar-refractivity contribution in [2.75, 3.05) is 61.0 Å². The molecule has 1 N–H and O–H groups in total. The van der Waals surface area contributed by atoms with Crippen LogP contribution < -0.4 is 15.0 Å². The van der Waals surface area contributed by atoms with Crippen LogP contribution >= 0.6 is 0 Å². The lowest BCUT2D eigenvalue weighted by molar-refractivity contribution is 0.0360. The fourth-order valence-electron chi connectivity index (χ4n) is 6.25. The largest absolute Gasteiger partial charge is 0.489 e. The van der Waals surface area contributed by atoms with Gasteiger partial charge in [0.15, 0.2) is 9.84 Å². The zero-order valence-electron chi connectivity index (χ0n) is 24.1. The van der Waals surface area contributed by atoms with E-state index in [0.717, 1.165) is 31.9 Å². The Morgan fingerprint density at radius 1 is 1.05 bits per heavy atom. The van der Waals surface area contributed by atoms with E-state index in [4.69, 9.17) is 9.84 Å². The molecule has 0 unspecified atom stereocenters. The number of nitriles is 1. The number of benzene rings is 2. The molecular weight excluding hydrogens is 555 g/mol. The molecular formula is C31H37FN6O3S. The van der Waals surface area contributed by atoms with Crippen molar-refractivity contribution in [3.8, 4) is 28.8 Å². The Balaban J connectivity index is 1.38. The molecule has 0 amide bonds. The van der Waals surface area contributed by atoms with E-state index in [0.29, 0.717) is 41.6 Å². The van der Waals surface area contributed by atoms with Crippen LogP contribution in [-0.2, 0) is 9.84 Å². The second-order valence-electron chi connectivity index (χ2n) is 12.0. The van der Waals surface area contributed by atoms with Crippen LogP contribution in [0.2, 0.25) is 0 Å². The number of nitrogens with one attached hydrogen (secondary N) is 1. The third-order valence-electron chi connectivity index (χ3n) is 8.86. The van der Waals surface area contributed by atoms with Gasteiger partial charge in [-0.15, -0.1) is 5.10 Å². The summed E-state index contributed by atoms with van der Waals surface area (Å²) in [5.41, 5.74) is 3.08. The summed E-state index contributed by atoms with van der Waals surface area (Å²) in [6, 6.07) is 14.2. The summed E-state index contributed by atoms with van der Waals surface area (Å²) < 4.78 is 46.8. The zero-order chi connectivity index (χ0) is 29.5. The number of rotatable bonds is 8. The molecule has 2 bridgehead atoms. The number of aromatic nitrogens is 2. The molecule has 4 fully saturated rings. The van der Waals surface area contributed by atoms with Crippen LogP contribution in [0.3, 0.4) is 0 Å². The number of hydrogen-bond acceptors (Lipinski definition) is 8. The molecule has 4 saturated heterocycles. The van der Waals surface area contributed by atoms with Crippen molar-refractivity contribution in [3.05, 3.63) is 53.8 Å². The highest BCUT2D eigenvalue weighted by molar-refractivity contribution is 7.91. The maximum Gasteiger partial charge on any atom is 0.153 e. The first-order chi connectivity index (χ1) is 20.1. The molecule has 0 aliphatic carbocycles. The Morgan fingerprint density at radius 3 is 2.40 bits per heavy atom. The van der Waals surface area contributed by atoms with Crippen molar-refractivity contribution in [3.63, 3.8) is 0 Å². The number of anilines is 2. The van der Waals surface area contributed by atoms with Gasteiger partial charge < -0.3 is 19.9 Å². The molecule has 5 heterocycles. The van der Waals surface area contributed by atoms with Crippen molar-refractivity contribution < 1.29 is 17.5 Å². The Kier molecular flexibility index (Phi) is 7.62. The summed E-state index contributed by atoms with van der Waals surface area (Å²) in [5, 5.41) is 17.8. The van der Waals surface area contributed by atoms with Crippen LogP contribution in [0.25, 0.3) is 16.9 Å². The third-order valence-corrected chi connectivity index (χ3v) is 10.5. The van der Waals surface area contributed by atoms with E-state index < -0.39 is 15.7 Å². The van der Waals surface area contributed by atoms with Gasteiger partial charge in [-0.05, 0) is 82.4 Å². The number of fused-ring (bicyclic) bond motifs is 3. The fourth-order valence-corrected chi connectivity index (χ4v) is 7.46. The van der Waals surface area contributed by atoms with Crippen LogP contribution in [0, 0.1) is 22.6 Å². The minimum absolute atomic E-state index is 0.0115. The molecule has 3 aromatic rings. The van der Waals surface area contributed by atoms with Gasteiger partial charge in [-0.2, -0.15) is 5.26 Å². The molecule has 7 rings (SSSR count). The first-order valence-electron chi connectivity index (χ1n) is 14.7. The van der Waals surface area contributed by atoms with Crippen molar-refractivity contribution in [2.24, 2.45) is 5.41 Å². The van der Waals surface area contributed by atoms with Crippen molar-refractivity contribution >= 4 is 21.3 Å². The van der Waals surface area contributed by atoms with Gasteiger partial charge in [-0.1, -0.05) is 6.07 Å². The molecule has 2 aromatic carbocycles. The highest BCUT2D eigenvalue weighted by atomic mass is 32.2. The molecule has 42 heavy (non-hydrogen) atoms. The fraction of sp³-hybridized carbons (Fsp3) is 0.484. The number of nitrogens with zero attached hydrogens (tertiary/aromatic N) is 5. The monoisotopic (exact) mass is 592 g/mol. The normalized spacial score (nSPS) is 23.1. The average molecular weight is 593 g/mol. The van der Waals surface area contributed by atoms with E-state index in [1.54, 1.807) is 10.7 Å². The van der Waals surface area contributed by atoms with Crippen molar-refractivity contribution in [1.29, 1.82) is 5.26 Å². The molecule has 4 aliphatic heterocycles. The number of hydrogen-bond donors (Lipinski definition) is 1. The van der Waals surface area contributed by atoms with E-state index >= 15 is 0 Å². The van der Waals surface area contributed by atoms with Crippen LogP contribution in [0.5, 0.6) is 5.75 Å². The lowest BCUT2D eigenvalue weighted by Gasteiger charge is -2.48. The second-order valence-corrected chi connectivity index (χ2v) is 14.3. The Bertz CT molecular complexity index is 1590. The number of sulfone groups is 1. The first kappa shape index (κ1) is 28.5. The summed E-state index contributed by atoms with van der Waals surface area (Å²) in [6.07, 6.45) is 3.38. The second kappa shape index (κ2) is 11.2. The van der Waals surface area contributed by atoms with Gasteiger partial charge in [0.25, 0.3) is 0 Å². The predicted octanol–water partition coefficient (Wildman–Crippen LogP) is 4.47. The summed E-state index contributed by atoms with van der Waals surface area (Å²) in [4.78, 5) is 4.58. The van der Waals surface area contributed by atoms with Gasteiger partial charge in [-0.3, -0.25) is 0 Å². The van der Waals surface area contributed by atoms with Crippen LogP contribution in [0.4, 0.5) is 15.9 Å². The van der Waals surface area contributed by atoms with Gasteiger partial charge in [0, 0.05) is 43.0 Å². The van der Waals surface area contributed by atoms with E-state index in [1.807, 2.05) is 44.2 Å². The van der Waals surface area contributed by atoms with Gasteiger partial charge in [-0.25, -0.2) is 17.5 Å². The molecule has 9 nitrogen and oxygen atoms in total. The maximum atomic E-state index is 14.8. The van der Waals surface area contributed by atoms with Crippen molar-refractivity contribution in [2.45, 2.75) is 39.2 Å². The summed E-state index contributed by atoms with van der Waals surface area (Å²) in [7, 11) is -3.01. The van der Waals surface area contributed by atoms with Gasteiger partial charge in [0.05, 0.1) is 28.9 Å². The minimum Gasteiger partial charge on any atom is -0.489 e. The highest BCUT2D eigenvalue weighted by Crippen LogP contribution is 2.41. The van der Waals surface area contributed by atoms with E-state index in [-0.39, 0.29) is 28.6 Å². The van der Waals surface area contributed by atoms with Gasteiger partial charge >= 0.3 is 0 Å². The standard InChI is InChI=1S/C31H37FN6O3S/c1-22(2)41-29-18-25(37-13-15-42(39,40)16-14-37)5-6-27(29)38-28(23-3-4-24(20-33)26(32)17-23)19-30(35-38)34-21-31-7-10-36(11-8-31)12-9-31/h3-6,17-19,22H,7-16,21H2,1-2H3,(H,34,35). The van der Waals surface area contributed by atoms with Gasteiger partial charge in [0.2, 0.25) is 0 Å². The molecule has 1 aromatic heterocycles. The van der Waals surface area contributed by atoms with Gasteiger partial charge in [0.1, 0.15) is 29.1 Å². The molecule has 0 atom stereocenters. The highest BCUT2D eigenvalue weighted by Gasteiger charge is 2.39. The SMILES string of the molecule is CC(C)Oc1cc(N2CCS(=O)(=O)CC2)ccc1-n1nc(NCC23CCN(CC2)CC3)cc1-c1ccc(C#N)c(F)c1. The third kappa shape index (κ3) is 5.83.